The highest BCUT2D eigenvalue weighted by Gasteiger charge is 2.44. The number of aldehydes is 1. The highest BCUT2D eigenvalue weighted by atomic mass is 16.6. The predicted molar refractivity (Wildman–Crippen MR) is 146 cm³/mol. The Morgan fingerprint density at radius 2 is 1.45 bits per heavy atom. The van der Waals surface area contributed by atoms with Crippen LogP contribution in [0.15, 0.2) is 78.9 Å². The van der Waals surface area contributed by atoms with Gasteiger partial charge in [0.15, 0.2) is 0 Å². The molecule has 0 spiro atoms. The summed E-state index contributed by atoms with van der Waals surface area (Å²) in [6.07, 6.45) is 4.13. The van der Waals surface area contributed by atoms with E-state index >= 15 is 0 Å². The van der Waals surface area contributed by atoms with Crippen LogP contribution in [-0.4, -0.2) is 42.3 Å². The van der Waals surface area contributed by atoms with Gasteiger partial charge in [-0.05, 0) is 41.7 Å². The number of nitro groups is 2. The first-order chi connectivity index (χ1) is 19.1. The number of methoxy groups -OCH3 is 2. The summed E-state index contributed by atoms with van der Waals surface area (Å²) in [5.41, 5.74) is 8.37. The van der Waals surface area contributed by atoms with E-state index in [2.05, 4.69) is 9.47 Å². The third-order valence-electron chi connectivity index (χ3n) is 5.54. The van der Waals surface area contributed by atoms with Crippen LogP contribution in [0, 0.1) is 26.1 Å². The lowest BCUT2D eigenvalue weighted by Crippen LogP contribution is -2.03. The van der Waals surface area contributed by atoms with Crippen molar-refractivity contribution in [3.63, 3.8) is 0 Å². The number of nitrogens with two attached hydrogens (primary N) is 1. The number of rotatable bonds is 7. The van der Waals surface area contributed by atoms with Gasteiger partial charge in [-0.1, -0.05) is 36.4 Å². The fourth-order valence-electron chi connectivity index (χ4n) is 3.45. The number of nitrogen functional groups attached to an aromatic ring is 1. The molecule has 208 valence electrons. The van der Waals surface area contributed by atoms with Crippen molar-refractivity contribution in [3.05, 3.63) is 116 Å². The van der Waals surface area contributed by atoms with E-state index in [1.54, 1.807) is 12.1 Å². The minimum absolute atomic E-state index is 0.0120. The number of esters is 2. The zero-order valence-corrected chi connectivity index (χ0v) is 21.7. The molecule has 2 unspecified atom stereocenters. The van der Waals surface area contributed by atoms with Crippen LogP contribution in [0.4, 0.5) is 17.1 Å². The Kier molecular flexibility index (Phi) is 11.7. The van der Waals surface area contributed by atoms with Gasteiger partial charge in [-0.2, -0.15) is 0 Å². The standard InChI is InChI=1S/C11H13NO2.C10H9NO4.C7H5NO3/c1-14-11(13)10-6-9(10)7-3-2-4-8(12)5-7;1-15-10(12)6-5-8-3-2-4-9(7-8)11(13)14;9-5-6-2-1-3-7(4-6)8(10)11/h2-5,9-10H,6,12H2,1H3;2-7H,1H3;1-5H/b;6-5+;. The Bertz CT molecular complexity index is 1410. The molecular weight excluding hydrogens is 522 g/mol. The molecule has 0 heterocycles. The van der Waals surface area contributed by atoms with Gasteiger partial charge in [0.05, 0.1) is 30.0 Å². The molecule has 1 saturated carbocycles. The van der Waals surface area contributed by atoms with Gasteiger partial charge in [-0.3, -0.25) is 29.8 Å². The van der Waals surface area contributed by atoms with Crippen LogP contribution < -0.4 is 5.73 Å². The molecule has 0 aliphatic heterocycles. The Morgan fingerprint density at radius 3 is 1.98 bits per heavy atom. The van der Waals surface area contributed by atoms with Crippen molar-refractivity contribution in [2.45, 2.75) is 12.3 Å². The molecule has 2 N–H and O–H groups in total. The van der Waals surface area contributed by atoms with Crippen molar-refractivity contribution in [2.75, 3.05) is 20.0 Å². The summed E-state index contributed by atoms with van der Waals surface area (Å²) in [6, 6.07) is 19.2. The van der Waals surface area contributed by atoms with Gasteiger partial charge < -0.3 is 15.2 Å². The molecule has 0 amide bonds. The number of ether oxygens (including phenoxy) is 2. The number of benzene rings is 3. The van der Waals surface area contributed by atoms with Gasteiger partial charge in [0, 0.05) is 41.6 Å². The van der Waals surface area contributed by atoms with E-state index in [1.807, 2.05) is 24.3 Å². The summed E-state index contributed by atoms with van der Waals surface area (Å²) in [6.45, 7) is 0. The van der Waals surface area contributed by atoms with Crippen molar-refractivity contribution in [2.24, 2.45) is 5.92 Å². The second kappa shape index (κ2) is 15.1. The Hall–Kier alpha value is -5.39. The van der Waals surface area contributed by atoms with E-state index < -0.39 is 15.8 Å². The zero-order valence-electron chi connectivity index (χ0n) is 21.7. The van der Waals surface area contributed by atoms with E-state index in [9.17, 15) is 34.6 Å². The highest BCUT2D eigenvalue weighted by molar-refractivity contribution is 5.87. The summed E-state index contributed by atoms with van der Waals surface area (Å²) in [7, 11) is 2.69. The molecule has 0 radical (unpaired) electrons. The first kappa shape index (κ1) is 30.8. The van der Waals surface area contributed by atoms with Crippen LogP contribution in [0.25, 0.3) is 6.08 Å². The van der Waals surface area contributed by atoms with E-state index in [4.69, 9.17) is 5.73 Å². The Morgan fingerprint density at radius 1 is 0.875 bits per heavy atom. The molecule has 12 heteroatoms. The largest absolute Gasteiger partial charge is 0.469 e. The van der Waals surface area contributed by atoms with Gasteiger partial charge in [-0.15, -0.1) is 0 Å². The molecule has 1 aliphatic carbocycles. The van der Waals surface area contributed by atoms with Crippen LogP contribution in [0.2, 0.25) is 0 Å². The maximum Gasteiger partial charge on any atom is 0.330 e. The van der Waals surface area contributed by atoms with E-state index in [-0.39, 0.29) is 23.3 Å². The molecule has 0 saturated heterocycles. The number of anilines is 1. The smallest absolute Gasteiger partial charge is 0.330 e. The number of carbonyl (C=O) groups is 3. The molecule has 0 aromatic heterocycles. The maximum absolute atomic E-state index is 11.2. The molecule has 1 aliphatic rings. The first-order valence-electron chi connectivity index (χ1n) is 11.7. The Labute approximate surface area is 229 Å². The molecular formula is C28H27N3O9. The third kappa shape index (κ3) is 9.82. The number of nitrogens with zero attached hydrogens (tertiary/aromatic N) is 2. The van der Waals surface area contributed by atoms with Crippen molar-refractivity contribution < 1.29 is 33.7 Å². The van der Waals surface area contributed by atoms with Gasteiger partial charge in [-0.25, -0.2) is 4.79 Å². The molecule has 40 heavy (non-hydrogen) atoms. The number of hydrogen-bond acceptors (Lipinski definition) is 10. The minimum Gasteiger partial charge on any atom is -0.469 e. The first-order valence-corrected chi connectivity index (χ1v) is 11.7. The average Bonchev–Trinajstić information content (AvgIpc) is 3.77. The average molecular weight is 550 g/mol. The molecule has 3 aromatic carbocycles. The second-order valence-corrected chi connectivity index (χ2v) is 8.32. The number of non-ortho nitro benzene ring substituents is 2. The summed E-state index contributed by atoms with van der Waals surface area (Å²) in [4.78, 5) is 51.7. The fraction of sp³-hybridized carbons (Fsp3) is 0.179. The molecule has 1 fully saturated rings. The molecule has 12 nitrogen and oxygen atoms in total. The van der Waals surface area contributed by atoms with Crippen LogP contribution in [-0.2, 0) is 19.1 Å². The molecule has 0 bridgehead atoms. The van der Waals surface area contributed by atoms with Crippen molar-refractivity contribution in [1.29, 1.82) is 0 Å². The van der Waals surface area contributed by atoms with Gasteiger partial charge in [0.25, 0.3) is 11.4 Å². The van der Waals surface area contributed by atoms with Crippen molar-refractivity contribution in [3.8, 4) is 0 Å². The van der Waals surface area contributed by atoms with Crippen molar-refractivity contribution >= 4 is 41.4 Å². The minimum atomic E-state index is -0.535. The lowest BCUT2D eigenvalue weighted by atomic mass is 10.1. The quantitative estimate of drug-likeness (QED) is 0.108. The fourth-order valence-corrected chi connectivity index (χ4v) is 3.45. The molecule has 2 atom stereocenters. The maximum atomic E-state index is 11.2. The van der Waals surface area contributed by atoms with Crippen LogP contribution in [0.1, 0.15) is 33.8 Å². The predicted octanol–water partition coefficient (Wildman–Crippen LogP) is 4.73. The lowest BCUT2D eigenvalue weighted by Gasteiger charge is -2.00. The van der Waals surface area contributed by atoms with Crippen LogP contribution >= 0.6 is 0 Å². The normalized spacial score (nSPS) is 14.8. The van der Waals surface area contributed by atoms with Gasteiger partial charge >= 0.3 is 11.9 Å². The number of hydrogen-bond donors (Lipinski definition) is 1. The summed E-state index contributed by atoms with van der Waals surface area (Å²) >= 11 is 0. The van der Waals surface area contributed by atoms with Crippen LogP contribution in [0.5, 0.6) is 0 Å². The molecule has 3 aromatic rings. The monoisotopic (exact) mass is 549 g/mol. The summed E-state index contributed by atoms with van der Waals surface area (Å²) in [5.74, 6) is -0.258. The highest BCUT2D eigenvalue weighted by Crippen LogP contribution is 2.48. The van der Waals surface area contributed by atoms with Gasteiger partial charge in [0.1, 0.15) is 6.29 Å². The Balaban J connectivity index is 0.000000213. The third-order valence-corrected chi connectivity index (χ3v) is 5.54. The topological polar surface area (TPSA) is 182 Å². The van der Waals surface area contributed by atoms with Crippen LogP contribution in [0.3, 0.4) is 0 Å². The number of nitro benzene ring substituents is 2. The van der Waals surface area contributed by atoms with Gasteiger partial charge in [0.2, 0.25) is 0 Å². The van der Waals surface area contributed by atoms with E-state index in [1.165, 1.54) is 62.8 Å². The van der Waals surface area contributed by atoms with Crippen molar-refractivity contribution in [1.82, 2.24) is 0 Å². The summed E-state index contributed by atoms with van der Waals surface area (Å²) < 4.78 is 9.08. The lowest BCUT2D eigenvalue weighted by molar-refractivity contribution is -0.385. The second-order valence-electron chi connectivity index (χ2n) is 8.32. The van der Waals surface area contributed by atoms with E-state index in [0.717, 1.165) is 17.7 Å². The summed E-state index contributed by atoms with van der Waals surface area (Å²) in [5, 5.41) is 20.6. The zero-order chi connectivity index (χ0) is 29.7. The SMILES string of the molecule is COC(=O)/C=C/c1cccc([N+](=O)[O-])c1.COC(=O)C1CC1c1cccc(N)c1.O=Cc1cccc([N+](=O)[O-])c1. The molecule has 4 rings (SSSR count). The number of carbonyl (C=O) groups excluding carboxylic acids is 3. The van der Waals surface area contributed by atoms with E-state index in [0.29, 0.717) is 23.3 Å².